The Kier molecular flexibility index (Phi) is 10.7. The van der Waals surface area contributed by atoms with Crippen LogP contribution in [0.15, 0.2) is 158 Å². The highest BCUT2D eigenvalue weighted by molar-refractivity contribution is 6.13. The first-order valence-electron chi connectivity index (χ1n) is 19.6. The van der Waals surface area contributed by atoms with Crippen LogP contribution in [0.2, 0.25) is 0 Å². The molecule has 0 aromatic heterocycles. The zero-order chi connectivity index (χ0) is 41.7. The molecule has 0 fully saturated rings. The van der Waals surface area contributed by atoms with Crippen molar-refractivity contribution in [3.63, 3.8) is 0 Å². The Balaban J connectivity index is 1.10. The van der Waals surface area contributed by atoms with Crippen molar-refractivity contribution in [2.75, 3.05) is 21.0 Å². The van der Waals surface area contributed by atoms with E-state index in [2.05, 4.69) is 36.4 Å². The molecule has 1 aliphatic rings. The molecule has 0 unspecified atom stereocenters. The fourth-order valence-electron chi connectivity index (χ4n) is 7.54. The first-order chi connectivity index (χ1) is 30.0. The first-order valence-corrected chi connectivity index (χ1v) is 19.6. The van der Waals surface area contributed by atoms with Crippen LogP contribution in [0.3, 0.4) is 0 Å². The molecular weight excluding hydrogens is 765 g/mol. The molecular formula is C53H38O8. The minimum absolute atomic E-state index is 0.0313. The Labute approximate surface area is 352 Å². The summed E-state index contributed by atoms with van der Waals surface area (Å²) in [6.07, 6.45) is 7.94. The summed E-state index contributed by atoms with van der Waals surface area (Å²) >= 11 is 0. The molecule has 0 N–H and O–H groups in total. The van der Waals surface area contributed by atoms with E-state index >= 15 is 0 Å². The number of carbonyl (C=O) groups excluding carboxylic acids is 2. The Bertz CT molecular complexity index is 2800. The molecule has 0 bridgehead atoms. The topological polar surface area (TPSA) is 89.5 Å². The Morgan fingerprint density at radius 1 is 0.475 bits per heavy atom. The second-order valence-electron chi connectivity index (χ2n) is 14.2. The number of benzene rings is 8. The van der Waals surface area contributed by atoms with Crippen LogP contribution < -0.4 is 28.4 Å². The van der Waals surface area contributed by atoms with Gasteiger partial charge in [0.15, 0.2) is 0 Å². The van der Waals surface area contributed by atoms with E-state index in [1.165, 1.54) is 14.2 Å². The Morgan fingerprint density at radius 3 is 1.31 bits per heavy atom. The largest absolute Gasteiger partial charge is 0.496 e. The van der Waals surface area contributed by atoms with Gasteiger partial charge in [-0.1, -0.05) is 121 Å². The maximum atomic E-state index is 13.1. The minimum atomic E-state index is -0.509. The van der Waals surface area contributed by atoms with Crippen molar-refractivity contribution in [1.82, 2.24) is 0 Å². The van der Waals surface area contributed by atoms with Crippen LogP contribution in [0.25, 0.3) is 57.0 Å². The summed E-state index contributed by atoms with van der Waals surface area (Å²) in [6, 6.07) is 49.3. The van der Waals surface area contributed by atoms with E-state index < -0.39 is 11.9 Å². The Morgan fingerprint density at radius 2 is 0.885 bits per heavy atom. The molecule has 8 nitrogen and oxygen atoms in total. The van der Waals surface area contributed by atoms with Crippen molar-refractivity contribution < 1.29 is 38.0 Å². The number of methoxy groups -OCH3 is 2. The summed E-state index contributed by atoms with van der Waals surface area (Å²) < 4.78 is 35.5. The predicted molar refractivity (Wildman–Crippen MR) is 240 cm³/mol. The third-order valence-electron chi connectivity index (χ3n) is 10.4. The molecule has 0 saturated heterocycles. The average Bonchev–Trinajstić information content (AvgIpc) is 3.51. The number of ether oxygens (including phenoxy) is 6. The number of carbonyl (C=O) groups is 2. The van der Waals surface area contributed by atoms with Gasteiger partial charge in [0.25, 0.3) is 0 Å². The van der Waals surface area contributed by atoms with Crippen LogP contribution in [0.5, 0.6) is 34.5 Å². The zero-order valence-electron chi connectivity index (χ0n) is 33.3. The zero-order valence-corrected chi connectivity index (χ0v) is 33.3. The standard InChI is InChI=1S/C53H38O8/c1-56-46-29-34(23-27-44(46)52(54)60-40-15-5-3-6-16-40)21-25-38-31-36-13-9-11-19-42(36)48-49-43-20-12-10-14-37(43)32-39(51(49)59-33-58-50(38)48)26-22-35-24-28-45(47(30-35)57-2)53(55)61-41-17-7-4-8-18-41/h3-32H,33H2,1-2H3/b25-21-,26-22-. The quantitative estimate of drug-likeness (QED) is 0.0767. The fourth-order valence-corrected chi connectivity index (χ4v) is 7.54. The summed E-state index contributed by atoms with van der Waals surface area (Å²) in [7, 11) is 3.06. The highest BCUT2D eigenvalue weighted by Crippen LogP contribution is 2.50. The summed E-state index contributed by atoms with van der Waals surface area (Å²) in [4.78, 5) is 26.1. The molecule has 9 rings (SSSR count). The van der Waals surface area contributed by atoms with Crippen LogP contribution in [-0.4, -0.2) is 33.0 Å². The van der Waals surface area contributed by atoms with E-state index in [-0.39, 0.29) is 6.79 Å². The van der Waals surface area contributed by atoms with Gasteiger partial charge in [0.1, 0.15) is 45.6 Å². The minimum Gasteiger partial charge on any atom is -0.496 e. The van der Waals surface area contributed by atoms with Crippen LogP contribution in [-0.2, 0) is 0 Å². The molecule has 8 heteroatoms. The molecule has 298 valence electrons. The molecule has 0 saturated carbocycles. The van der Waals surface area contributed by atoms with Gasteiger partial charge in [-0.3, -0.25) is 0 Å². The number of esters is 2. The monoisotopic (exact) mass is 802 g/mol. The van der Waals surface area contributed by atoms with E-state index in [9.17, 15) is 9.59 Å². The van der Waals surface area contributed by atoms with Gasteiger partial charge in [0.05, 0.1) is 14.2 Å². The predicted octanol–water partition coefficient (Wildman–Crippen LogP) is 12.2. The third-order valence-corrected chi connectivity index (χ3v) is 10.4. The molecule has 0 spiro atoms. The summed E-state index contributed by atoms with van der Waals surface area (Å²) in [5, 5.41) is 4.07. The van der Waals surface area contributed by atoms with Crippen LogP contribution in [0, 0.1) is 0 Å². The summed E-state index contributed by atoms with van der Waals surface area (Å²) in [6.45, 7) is -0.0313. The van der Waals surface area contributed by atoms with Crippen LogP contribution in [0.1, 0.15) is 43.0 Å². The second-order valence-corrected chi connectivity index (χ2v) is 14.2. The SMILES string of the molecule is COc1cc(/C=C\c2cc3ccccc3c3c2OCOc2c(/C=C\c4ccc(C(=O)Oc5ccccc5)c(OC)c4)cc4ccccc4c2-3)ccc1C(=O)Oc1ccccc1. The number of para-hydroxylation sites is 2. The van der Waals surface area contributed by atoms with E-state index in [4.69, 9.17) is 28.4 Å². The summed E-state index contributed by atoms with van der Waals surface area (Å²) in [5.74, 6) is 2.03. The molecule has 0 atom stereocenters. The molecule has 8 aromatic rings. The highest BCUT2D eigenvalue weighted by Gasteiger charge is 2.26. The van der Waals surface area contributed by atoms with Crippen molar-refractivity contribution in [2.45, 2.75) is 0 Å². The van der Waals surface area contributed by atoms with Gasteiger partial charge in [-0.25, -0.2) is 9.59 Å². The number of rotatable bonds is 10. The van der Waals surface area contributed by atoms with Crippen molar-refractivity contribution in [3.8, 4) is 45.6 Å². The highest BCUT2D eigenvalue weighted by atomic mass is 16.7. The lowest BCUT2D eigenvalue weighted by atomic mass is 9.88. The van der Waals surface area contributed by atoms with Crippen LogP contribution in [0.4, 0.5) is 0 Å². The van der Waals surface area contributed by atoms with Crippen molar-refractivity contribution in [1.29, 1.82) is 0 Å². The molecule has 61 heavy (non-hydrogen) atoms. The third kappa shape index (κ3) is 7.90. The van der Waals surface area contributed by atoms with Crippen molar-refractivity contribution in [3.05, 3.63) is 191 Å². The number of fused-ring (bicyclic) bond motifs is 7. The molecule has 0 amide bonds. The first kappa shape index (κ1) is 38.4. The lowest BCUT2D eigenvalue weighted by Crippen LogP contribution is -2.10. The smallest absolute Gasteiger partial charge is 0.347 e. The van der Waals surface area contributed by atoms with Gasteiger partial charge in [-0.2, -0.15) is 0 Å². The molecule has 1 heterocycles. The Hall–Kier alpha value is -8.10. The van der Waals surface area contributed by atoms with Gasteiger partial charge < -0.3 is 28.4 Å². The molecule has 8 aromatic carbocycles. The van der Waals surface area contributed by atoms with E-state index in [1.54, 1.807) is 36.4 Å². The normalized spacial score (nSPS) is 12.0. The summed E-state index contributed by atoms with van der Waals surface area (Å²) in [5.41, 5.74) is 5.78. The van der Waals surface area contributed by atoms with Gasteiger partial charge in [-0.05, 0) is 93.3 Å². The van der Waals surface area contributed by atoms with E-state index in [0.717, 1.165) is 54.9 Å². The molecule has 0 radical (unpaired) electrons. The fraction of sp³-hybridized carbons (Fsp3) is 0.0566. The van der Waals surface area contributed by atoms with Crippen molar-refractivity contribution in [2.24, 2.45) is 0 Å². The van der Waals surface area contributed by atoms with Crippen LogP contribution >= 0.6 is 0 Å². The molecule has 0 aliphatic carbocycles. The maximum Gasteiger partial charge on any atom is 0.347 e. The van der Waals surface area contributed by atoms with Gasteiger partial charge in [0, 0.05) is 22.3 Å². The van der Waals surface area contributed by atoms with E-state index in [1.807, 2.05) is 109 Å². The maximum absolute atomic E-state index is 13.1. The number of hydrogen-bond donors (Lipinski definition) is 0. The average molecular weight is 803 g/mol. The molecule has 1 aliphatic heterocycles. The van der Waals surface area contributed by atoms with Gasteiger partial charge in [-0.15, -0.1) is 0 Å². The lowest BCUT2D eigenvalue weighted by Gasteiger charge is -2.17. The van der Waals surface area contributed by atoms with E-state index in [0.29, 0.717) is 45.6 Å². The second kappa shape index (κ2) is 17.0. The van der Waals surface area contributed by atoms with Crippen molar-refractivity contribution >= 4 is 57.8 Å². The number of hydrogen-bond acceptors (Lipinski definition) is 8. The lowest BCUT2D eigenvalue weighted by molar-refractivity contribution is 0.0721. The van der Waals surface area contributed by atoms with Gasteiger partial charge in [0.2, 0.25) is 6.79 Å². The van der Waals surface area contributed by atoms with Gasteiger partial charge >= 0.3 is 11.9 Å².